The summed E-state index contributed by atoms with van der Waals surface area (Å²) in [5, 5.41) is 11.2. The van der Waals surface area contributed by atoms with Crippen molar-refractivity contribution in [2.75, 3.05) is 0 Å². The van der Waals surface area contributed by atoms with E-state index in [-0.39, 0.29) is 0 Å². The highest BCUT2D eigenvalue weighted by molar-refractivity contribution is 5.83. The summed E-state index contributed by atoms with van der Waals surface area (Å²) in [6, 6.07) is 8.85. The number of aromatic nitrogens is 2. The minimum absolute atomic E-state index is 0.629. The van der Waals surface area contributed by atoms with Crippen molar-refractivity contribution in [1.82, 2.24) is 9.78 Å². The maximum Gasteiger partial charge on any atom is 0.106 e. The predicted molar refractivity (Wildman–Crippen MR) is 104 cm³/mol. The van der Waals surface area contributed by atoms with Crippen molar-refractivity contribution < 1.29 is 0 Å². The van der Waals surface area contributed by atoms with Gasteiger partial charge in [0.25, 0.3) is 0 Å². The van der Waals surface area contributed by atoms with Gasteiger partial charge in [-0.15, -0.1) is 0 Å². The molecule has 1 fully saturated rings. The van der Waals surface area contributed by atoms with E-state index in [1.54, 1.807) is 6.21 Å². The van der Waals surface area contributed by atoms with Crippen molar-refractivity contribution in [3.05, 3.63) is 58.9 Å². The minimum atomic E-state index is 0.629. The quantitative estimate of drug-likeness (QED) is 0.611. The first kappa shape index (κ1) is 17.3. The fourth-order valence-corrected chi connectivity index (χ4v) is 4.00. The molecule has 1 heterocycles. The molecule has 3 rings (SSSR count). The van der Waals surface area contributed by atoms with Gasteiger partial charge >= 0.3 is 0 Å². The molecule has 0 saturated heterocycles. The topological polar surface area (TPSA) is 54.0 Å². The molecule has 2 atom stereocenters. The second kappa shape index (κ2) is 8.06. The molecule has 0 aliphatic heterocycles. The third kappa shape index (κ3) is 4.13. The monoisotopic (exact) mass is 334 g/mol. The van der Waals surface area contributed by atoms with Gasteiger partial charge in [-0.05, 0) is 60.9 Å². The van der Waals surface area contributed by atoms with Gasteiger partial charge in [0.15, 0.2) is 0 Å². The van der Waals surface area contributed by atoms with E-state index in [2.05, 4.69) is 48.3 Å². The van der Waals surface area contributed by atoms with Crippen molar-refractivity contribution in [3.8, 4) is 0 Å². The Bertz CT molecular complexity index is 785. The van der Waals surface area contributed by atoms with Gasteiger partial charge in [0.2, 0.25) is 0 Å². The predicted octanol–water partition coefficient (Wildman–Crippen LogP) is 4.55. The van der Waals surface area contributed by atoms with E-state index < -0.39 is 0 Å². The molecule has 1 N–H and O–H groups in total. The van der Waals surface area contributed by atoms with Crippen LogP contribution in [-0.4, -0.2) is 22.3 Å². The summed E-state index contributed by atoms with van der Waals surface area (Å²) in [6.45, 7) is 2.20. The first-order valence-corrected chi connectivity index (χ1v) is 8.95. The fraction of sp³-hybridized carbons (Fsp3) is 0.381. The highest BCUT2D eigenvalue weighted by Crippen LogP contribution is 2.41. The summed E-state index contributed by atoms with van der Waals surface area (Å²) < 4.78 is 2.04. The van der Waals surface area contributed by atoms with Crippen LogP contribution >= 0.6 is 0 Å². The van der Waals surface area contributed by atoms with E-state index in [4.69, 9.17) is 5.41 Å². The third-order valence-electron chi connectivity index (χ3n) is 5.28. The molecule has 2 aromatic rings. The molecule has 2 unspecified atom stereocenters. The number of benzene rings is 1. The lowest BCUT2D eigenvalue weighted by molar-refractivity contribution is 0.457. The van der Waals surface area contributed by atoms with Gasteiger partial charge in [0.05, 0.1) is 0 Å². The minimum Gasteiger partial charge on any atom is -0.290 e. The maximum absolute atomic E-state index is 6.87. The smallest absolute Gasteiger partial charge is 0.106 e. The number of hydrogen-bond acceptors (Lipinski definition) is 2. The second-order valence-corrected chi connectivity index (χ2v) is 6.85. The normalized spacial score (nSPS) is 20.7. The third-order valence-corrected chi connectivity index (χ3v) is 5.28. The molecule has 1 aliphatic carbocycles. The largest absolute Gasteiger partial charge is 0.290 e. The molecule has 0 amide bonds. The van der Waals surface area contributed by atoms with Crippen LogP contribution in [-0.2, 0) is 13.5 Å². The van der Waals surface area contributed by atoms with E-state index in [9.17, 15) is 0 Å². The van der Waals surface area contributed by atoms with Crippen molar-refractivity contribution >= 4 is 18.6 Å². The summed E-state index contributed by atoms with van der Waals surface area (Å²) in [4.78, 5) is 3.76. The zero-order valence-electron chi connectivity index (χ0n) is 15.0. The first-order valence-electron chi connectivity index (χ1n) is 8.95. The van der Waals surface area contributed by atoms with Crippen LogP contribution in [0.5, 0.6) is 0 Å². The summed E-state index contributed by atoms with van der Waals surface area (Å²) in [7, 11) is 2.05. The molecule has 4 nitrogen and oxygen atoms in total. The van der Waals surface area contributed by atoms with E-state index in [1.807, 2.05) is 23.0 Å². The molecule has 25 heavy (non-hydrogen) atoms. The molecular weight excluding hydrogens is 308 g/mol. The fourth-order valence-electron chi connectivity index (χ4n) is 4.00. The average molecular weight is 334 g/mol. The summed E-state index contributed by atoms with van der Waals surface area (Å²) in [6.07, 6.45) is 13.5. The number of nitrogens with zero attached hydrogens (tertiary/aromatic N) is 3. The highest BCUT2D eigenvalue weighted by atomic mass is 15.3. The lowest BCUT2D eigenvalue weighted by atomic mass is 9.86. The van der Waals surface area contributed by atoms with Crippen LogP contribution in [0.3, 0.4) is 0 Å². The van der Waals surface area contributed by atoms with Gasteiger partial charge in [-0.3, -0.25) is 10.1 Å². The zero-order chi connectivity index (χ0) is 17.6. The Labute approximate surface area is 149 Å². The Balaban J connectivity index is 1.72. The van der Waals surface area contributed by atoms with Crippen LogP contribution in [0.2, 0.25) is 0 Å². The molecule has 130 valence electrons. The Hall–Kier alpha value is -2.49. The maximum atomic E-state index is 6.87. The van der Waals surface area contributed by atoms with E-state index in [1.165, 1.54) is 41.6 Å². The van der Waals surface area contributed by atoms with Gasteiger partial charge in [-0.1, -0.05) is 30.7 Å². The molecule has 1 aliphatic rings. The highest BCUT2D eigenvalue weighted by Gasteiger charge is 2.30. The Kier molecular flexibility index (Phi) is 5.59. The summed E-state index contributed by atoms with van der Waals surface area (Å²) in [5.41, 5.74) is 5.35. The van der Waals surface area contributed by atoms with Crippen LogP contribution in [0, 0.1) is 18.3 Å². The Morgan fingerprint density at radius 2 is 2.20 bits per heavy atom. The number of rotatable bonds is 6. The number of aryl methyl sites for hydroxylation is 2. The average Bonchev–Trinajstić information content (AvgIpc) is 3.22. The lowest BCUT2D eigenvalue weighted by Gasteiger charge is -2.21. The van der Waals surface area contributed by atoms with E-state index in [0.29, 0.717) is 11.8 Å². The van der Waals surface area contributed by atoms with Crippen LogP contribution in [0.25, 0.3) is 6.08 Å². The standard InChI is InChI=1S/C21H26N4/c1-16-13-17(5-4-11-23-15-22)8-9-18(16)14-19-6-3-7-20(19)21-10-12-24-25(21)2/h4-5,8-13,15,19-20,22H,3,6-7,14H2,1-2H3/b5-4+,22-15?,23-11-. The first-order chi connectivity index (χ1) is 12.2. The molecule has 0 bridgehead atoms. The van der Waals surface area contributed by atoms with Crippen molar-refractivity contribution in [2.45, 2.75) is 38.5 Å². The SMILES string of the molecule is Cc1cc(/C=C/C=N\C=N)ccc1CC1CCCC1c1ccnn1C. The summed E-state index contributed by atoms with van der Waals surface area (Å²) >= 11 is 0. The van der Waals surface area contributed by atoms with Gasteiger partial charge in [0, 0.05) is 31.1 Å². The van der Waals surface area contributed by atoms with Crippen molar-refractivity contribution in [2.24, 2.45) is 18.0 Å². The number of nitrogens with one attached hydrogen (secondary N) is 1. The molecule has 1 saturated carbocycles. The molecule has 1 aromatic heterocycles. The number of allylic oxidation sites excluding steroid dienone is 1. The van der Waals surface area contributed by atoms with E-state index in [0.717, 1.165) is 12.8 Å². The molecule has 4 heteroatoms. The van der Waals surface area contributed by atoms with Gasteiger partial charge < -0.3 is 0 Å². The zero-order valence-corrected chi connectivity index (χ0v) is 15.0. The van der Waals surface area contributed by atoms with Crippen molar-refractivity contribution in [3.63, 3.8) is 0 Å². The van der Waals surface area contributed by atoms with Crippen LogP contribution in [0.4, 0.5) is 0 Å². The van der Waals surface area contributed by atoms with E-state index >= 15 is 0 Å². The van der Waals surface area contributed by atoms with Gasteiger partial charge in [-0.2, -0.15) is 5.10 Å². The van der Waals surface area contributed by atoms with Crippen LogP contribution < -0.4 is 0 Å². The second-order valence-electron chi connectivity index (χ2n) is 6.85. The lowest BCUT2D eigenvalue weighted by Crippen LogP contribution is -2.13. The van der Waals surface area contributed by atoms with Crippen LogP contribution in [0.1, 0.15) is 47.6 Å². The number of aliphatic imine (C=N–C) groups is 1. The number of hydrogen-bond donors (Lipinski definition) is 1. The molecule has 0 spiro atoms. The van der Waals surface area contributed by atoms with Gasteiger partial charge in [0.1, 0.15) is 6.34 Å². The van der Waals surface area contributed by atoms with Gasteiger partial charge in [-0.25, -0.2) is 4.99 Å². The molecule has 1 aromatic carbocycles. The van der Waals surface area contributed by atoms with Crippen LogP contribution in [0.15, 0.2) is 41.5 Å². The Morgan fingerprint density at radius 1 is 1.32 bits per heavy atom. The van der Waals surface area contributed by atoms with Crippen molar-refractivity contribution in [1.29, 1.82) is 5.41 Å². The molecule has 0 radical (unpaired) electrons. The Morgan fingerprint density at radius 3 is 2.92 bits per heavy atom. The summed E-state index contributed by atoms with van der Waals surface area (Å²) in [5.74, 6) is 1.33. The molecular formula is C21H26N4.